The molecule has 202 valence electrons. The highest BCUT2D eigenvalue weighted by Gasteiger charge is 2.42. The van der Waals surface area contributed by atoms with Crippen molar-refractivity contribution in [3.8, 4) is 22.4 Å². The molecule has 2 saturated carbocycles. The van der Waals surface area contributed by atoms with Crippen molar-refractivity contribution in [2.24, 2.45) is 5.73 Å². The van der Waals surface area contributed by atoms with Crippen LogP contribution in [0.3, 0.4) is 0 Å². The SMILES string of the molecule is CC(=O)Nc1cc(-c2ccsc2)c(-c2ccc(C3(N)CC3)c(F)c2)nn1.CCC(=O)N(C)C1CCCCC1. The Labute approximate surface area is 227 Å². The van der Waals surface area contributed by atoms with Crippen LogP contribution in [0.25, 0.3) is 22.4 Å². The van der Waals surface area contributed by atoms with Crippen LogP contribution < -0.4 is 11.1 Å². The van der Waals surface area contributed by atoms with Gasteiger partial charge in [-0.25, -0.2) is 4.39 Å². The fourth-order valence-corrected chi connectivity index (χ4v) is 5.53. The van der Waals surface area contributed by atoms with Crippen LogP contribution in [0.1, 0.15) is 70.8 Å². The summed E-state index contributed by atoms with van der Waals surface area (Å²) in [6, 6.07) is 9.25. The topological polar surface area (TPSA) is 101 Å². The lowest BCUT2D eigenvalue weighted by atomic mass is 9.94. The van der Waals surface area contributed by atoms with Crippen molar-refractivity contribution in [1.82, 2.24) is 15.1 Å². The van der Waals surface area contributed by atoms with Crippen LogP contribution in [0.15, 0.2) is 41.1 Å². The highest BCUT2D eigenvalue weighted by molar-refractivity contribution is 7.08. The summed E-state index contributed by atoms with van der Waals surface area (Å²) in [4.78, 5) is 24.6. The van der Waals surface area contributed by atoms with E-state index in [-0.39, 0.29) is 11.7 Å². The number of hydrogen-bond donors (Lipinski definition) is 2. The molecule has 2 fully saturated rings. The average molecular weight is 538 g/mol. The van der Waals surface area contributed by atoms with Crippen molar-refractivity contribution in [3.05, 3.63) is 52.5 Å². The molecule has 3 aromatic rings. The van der Waals surface area contributed by atoms with E-state index < -0.39 is 5.54 Å². The zero-order valence-electron chi connectivity index (χ0n) is 22.3. The van der Waals surface area contributed by atoms with E-state index in [1.165, 1.54) is 45.1 Å². The van der Waals surface area contributed by atoms with E-state index in [1.807, 2.05) is 41.8 Å². The number of benzene rings is 1. The van der Waals surface area contributed by atoms with Gasteiger partial charge in [-0.3, -0.25) is 9.59 Å². The van der Waals surface area contributed by atoms with Crippen LogP contribution in [0.2, 0.25) is 0 Å². The van der Waals surface area contributed by atoms with Crippen LogP contribution in [0, 0.1) is 5.82 Å². The van der Waals surface area contributed by atoms with E-state index in [9.17, 15) is 14.0 Å². The molecule has 1 aromatic carbocycles. The van der Waals surface area contributed by atoms with Crippen molar-refractivity contribution in [3.63, 3.8) is 0 Å². The molecule has 7 nitrogen and oxygen atoms in total. The molecule has 2 aliphatic carbocycles. The third kappa shape index (κ3) is 6.63. The second-order valence-electron chi connectivity index (χ2n) is 10.2. The molecule has 2 aromatic heterocycles. The summed E-state index contributed by atoms with van der Waals surface area (Å²) in [7, 11) is 1.95. The third-order valence-electron chi connectivity index (χ3n) is 7.32. The maximum atomic E-state index is 14.6. The van der Waals surface area contributed by atoms with Crippen molar-refractivity contribution >= 4 is 29.0 Å². The minimum absolute atomic E-state index is 0.226. The summed E-state index contributed by atoms with van der Waals surface area (Å²) in [6.07, 6.45) is 8.61. The van der Waals surface area contributed by atoms with E-state index in [4.69, 9.17) is 5.73 Å². The molecule has 2 amide bonds. The van der Waals surface area contributed by atoms with Crippen LogP contribution in [-0.4, -0.2) is 40.0 Å². The van der Waals surface area contributed by atoms with Crippen molar-refractivity contribution in [2.75, 3.05) is 12.4 Å². The van der Waals surface area contributed by atoms with Crippen LogP contribution in [-0.2, 0) is 15.1 Å². The molecule has 5 rings (SSSR count). The number of carbonyl (C=O) groups is 2. The maximum absolute atomic E-state index is 14.6. The molecule has 0 radical (unpaired) electrons. The fraction of sp³-hybridized carbons (Fsp3) is 0.448. The summed E-state index contributed by atoms with van der Waals surface area (Å²) >= 11 is 1.55. The molecular weight excluding hydrogens is 501 g/mol. The number of amides is 2. The van der Waals surface area contributed by atoms with Crippen LogP contribution in [0.4, 0.5) is 10.2 Å². The number of nitrogens with two attached hydrogens (primary N) is 1. The van der Waals surface area contributed by atoms with Crippen molar-refractivity contribution < 1.29 is 14.0 Å². The summed E-state index contributed by atoms with van der Waals surface area (Å²) in [5.74, 6) is 0.100. The minimum Gasteiger partial charge on any atom is -0.343 e. The van der Waals surface area contributed by atoms with Crippen LogP contribution >= 0.6 is 11.3 Å². The maximum Gasteiger partial charge on any atom is 0.222 e. The zero-order chi connectivity index (χ0) is 27.3. The largest absolute Gasteiger partial charge is 0.343 e. The summed E-state index contributed by atoms with van der Waals surface area (Å²) in [5.41, 5.74) is 9.04. The Balaban J connectivity index is 0.000000236. The first-order chi connectivity index (χ1) is 18.2. The van der Waals surface area contributed by atoms with Gasteiger partial charge in [-0.15, -0.1) is 10.2 Å². The summed E-state index contributed by atoms with van der Waals surface area (Å²) in [6.45, 7) is 3.34. The van der Waals surface area contributed by atoms with Gasteiger partial charge in [-0.1, -0.05) is 38.3 Å². The molecule has 0 atom stereocenters. The minimum atomic E-state index is -0.528. The van der Waals surface area contributed by atoms with Gasteiger partial charge >= 0.3 is 0 Å². The highest BCUT2D eigenvalue weighted by Crippen LogP contribution is 2.44. The Morgan fingerprint density at radius 3 is 2.45 bits per heavy atom. The van der Waals surface area contributed by atoms with Gasteiger partial charge < -0.3 is 16.0 Å². The lowest BCUT2D eigenvalue weighted by molar-refractivity contribution is -0.132. The molecule has 9 heteroatoms. The van der Waals surface area contributed by atoms with E-state index in [1.54, 1.807) is 23.5 Å². The normalized spacial score (nSPS) is 16.2. The second kappa shape index (κ2) is 12.1. The highest BCUT2D eigenvalue weighted by atomic mass is 32.1. The number of rotatable bonds is 6. The van der Waals surface area contributed by atoms with E-state index in [0.717, 1.165) is 24.0 Å². The molecule has 38 heavy (non-hydrogen) atoms. The molecular formula is C29H36FN5O2S. The van der Waals surface area contributed by atoms with E-state index >= 15 is 0 Å². The van der Waals surface area contributed by atoms with Gasteiger partial charge in [0.2, 0.25) is 11.8 Å². The van der Waals surface area contributed by atoms with E-state index in [0.29, 0.717) is 41.0 Å². The number of nitrogens with zero attached hydrogens (tertiary/aromatic N) is 3. The number of nitrogens with one attached hydrogen (secondary N) is 1. The molecule has 2 aliphatic rings. The number of anilines is 1. The Bertz CT molecular complexity index is 1270. The first-order valence-electron chi connectivity index (χ1n) is 13.2. The predicted molar refractivity (Wildman–Crippen MR) is 150 cm³/mol. The monoisotopic (exact) mass is 537 g/mol. The molecule has 0 unspecified atom stereocenters. The number of aromatic nitrogens is 2. The fourth-order valence-electron chi connectivity index (χ4n) is 4.88. The Hall–Kier alpha value is -3.17. The first kappa shape index (κ1) is 27.9. The molecule has 0 saturated heterocycles. The molecule has 0 spiro atoms. The number of carbonyl (C=O) groups excluding carboxylic acids is 2. The van der Waals surface area contributed by atoms with Gasteiger partial charge in [0.15, 0.2) is 5.82 Å². The number of halogens is 1. The van der Waals surface area contributed by atoms with E-state index in [2.05, 4.69) is 15.5 Å². The number of thiophene rings is 1. The van der Waals surface area contributed by atoms with Gasteiger partial charge in [-0.2, -0.15) is 11.3 Å². The average Bonchev–Trinajstić information content (AvgIpc) is 3.42. The molecule has 3 N–H and O–H groups in total. The van der Waals surface area contributed by atoms with Gasteiger partial charge in [0.25, 0.3) is 0 Å². The molecule has 0 aliphatic heterocycles. The lowest BCUT2D eigenvalue weighted by Crippen LogP contribution is -2.37. The van der Waals surface area contributed by atoms with Gasteiger partial charge in [-0.05, 0) is 60.2 Å². The zero-order valence-corrected chi connectivity index (χ0v) is 23.1. The summed E-state index contributed by atoms with van der Waals surface area (Å²) < 4.78 is 14.6. The van der Waals surface area contributed by atoms with Gasteiger partial charge in [0, 0.05) is 48.7 Å². The smallest absolute Gasteiger partial charge is 0.222 e. The Kier molecular flexibility index (Phi) is 8.89. The third-order valence-corrected chi connectivity index (χ3v) is 8.00. The molecule has 2 heterocycles. The van der Waals surface area contributed by atoms with Gasteiger partial charge in [0.05, 0.1) is 0 Å². The first-order valence-corrected chi connectivity index (χ1v) is 14.2. The number of hydrogen-bond acceptors (Lipinski definition) is 6. The van der Waals surface area contributed by atoms with Crippen molar-refractivity contribution in [2.45, 2.75) is 76.8 Å². The quantitative estimate of drug-likeness (QED) is 0.395. The standard InChI is InChI=1S/C19H17FN4OS.C10H19NO/c1-11(25)22-17-9-14(13-4-7-26-10-13)18(24-23-17)12-2-3-15(16(20)8-12)19(21)5-6-19;1-3-10(12)11(2)9-7-5-4-6-8-9/h2-4,7-10H,5-6,21H2,1H3,(H,22,23,25);9H,3-8H2,1-2H3. The Morgan fingerprint density at radius 2 is 1.87 bits per heavy atom. The Morgan fingerprint density at radius 1 is 1.13 bits per heavy atom. The lowest BCUT2D eigenvalue weighted by Gasteiger charge is -2.31. The van der Waals surface area contributed by atoms with Crippen LogP contribution in [0.5, 0.6) is 0 Å². The predicted octanol–water partition coefficient (Wildman–Crippen LogP) is 6.10. The molecule has 0 bridgehead atoms. The second-order valence-corrected chi connectivity index (χ2v) is 11.0. The summed E-state index contributed by atoms with van der Waals surface area (Å²) in [5, 5.41) is 14.9. The van der Waals surface area contributed by atoms with Crippen molar-refractivity contribution in [1.29, 1.82) is 0 Å². The van der Waals surface area contributed by atoms with Gasteiger partial charge in [0.1, 0.15) is 11.5 Å².